The van der Waals surface area contributed by atoms with E-state index in [2.05, 4.69) is 41.8 Å². The Bertz CT molecular complexity index is 528. The topological polar surface area (TPSA) is 25.8 Å². The van der Waals surface area contributed by atoms with E-state index in [0.717, 1.165) is 21.2 Å². The summed E-state index contributed by atoms with van der Waals surface area (Å²) in [5.41, 5.74) is 3.12. The van der Waals surface area contributed by atoms with Gasteiger partial charge in [-0.25, -0.2) is 9.97 Å². The lowest BCUT2D eigenvalue weighted by molar-refractivity contribution is 1.15. The largest absolute Gasteiger partial charge is 0.215 e. The summed E-state index contributed by atoms with van der Waals surface area (Å²) in [5.74, 6) is 0.520. The molecule has 6 heteroatoms. The van der Waals surface area contributed by atoms with Crippen molar-refractivity contribution < 1.29 is 0 Å². The summed E-state index contributed by atoms with van der Waals surface area (Å²) in [4.78, 5) is 8.45. The Hall–Kier alpha value is -0.160. The number of hydrogen-bond donors (Lipinski definition) is 0. The van der Waals surface area contributed by atoms with Gasteiger partial charge in [0.2, 0.25) is 0 Å². The van der Waals surface area contributed by atoms with Crippen LogP contribution < -0.4 is 0 Å². The summed E-state index contributed by atoms with van der Waals surface area (Å²) < 4.78 is 1.60. The Labute approximate surface area is 132 Å². The van der Waals surface area contributed by atoms with Crippen LogP contribution in [0.25, 0.3) is 11.4 Å². The summed E-state index contributed by atoms with van der Waals surface area (Å²) in [6, 6.07) is 3.99. The van der Waals surface area contributed by atoms with Crippen LogP contribution in [0.5, 0.6) is 0 Å². The third-order valence-corrected chi connectivity index (χ3v) is 5.47. The van der Waals surface area contributed by atoms with Gasteiger partial charge in [0.25, 0.3) is 0 Å². The van der Waals surface area contributed by atoms with Gasteiger partial charge in [0.15, 0.2) is 5.82 Å². The van der Waals surface area contributed by atoms with Gasteiger partial charge in [0, 0.05) is 10.0 Å². The molecule has 1 heterocycles. The first-order valence-corrected chi connectivity index (χ1v) is 7.40. The monoisotopic (exact) mass is 408 g/mol. The van der Waals surface area contributed by atoms with E-state index >= 15 is 0 Å². The standard InChI is InChI=1S/C12H8Br2Cl2N2/c1-5-3-7(4-6(2)8(5)13)12-17-10(15)9(14)11(16)18-12/h3-4H,1-2H3. The van der Waals surface area contributed by atoms with Gasteiger partial charge < -0.3 is 0 Å². The molecule has 0 aliphatic heterocycles. The molecule has 0 saturated heterocycles. The zero-order valence-corrected chi connectivity index (χ0v) is 14.2. The van der Waals surface area contributed by atoms with Crippen molar-refractivity contribution in [1.29, 1.82) is 0 Å². The maximum absolute atomic E-state index is 5.99. The molecule has 0 aliphatic carbocycles. The highest BCUT2D eigenvalue weighted by molar-refractivity contribution is 9.11. The minimum absolute atomic E-state index is 0.309. The molecule has 0 atom stereocenters. The average molecular weight is 411 g/mol. The number of rotatable bonds is 1. The lowest BCUT2D eigenvalue weighted by Crippen LogP contribution is -1.94. The highest BCUT2D eigenvalue weighted by Gasteiger charge is 2.12. The molecule has 0 saturated carbocycles. The minimum atomic E-state index is 0.309. The molecule has 0 radical (unpaired) electrons. The molecule has 1 aromatic heterocycles. The highest BCUT2D eigenvalue weighted by Crippen LogP contribution is 2.32. The van der Waals surface area contributed by atoms with Crippen molar-refractivity contribution in [3.05, 3.63) is 42.5 Å². The summed E-state index contributed by atoms with van der Waals surface area (Å²) in [6.45, 7) is 4.03. The Morgan fingerprint density at radius 2 is 1.33 bits per heavy atom. The van der Waals surface area contributed by atoms with Crippen LogP contribution in [0.4, 0.5) is 0 Å². The molecular formula is C12H8Br2Cl2N2. The molecule has 0 fully saturated rings. The van der Waals surface area contributed by atoms with Crippen molar-refractivity contribution in [2.24, 2.45) is 0 Å². The Balaban J connectivity index is 2.63. The molecular weight excluding hydrogens is 403 g/mol. The molecule has 0 amide bonds. The van der Waals surface area contributed by atoms with Crippen molar-refractivity contribution >= 4 is 55.1 Å². The van der Waals surface area contributed by atoms with Crippen LogP contribution in [0.2, 0.25) is 10.3 Å². The Morgan fingerprint density at radius 3 is 1.78 bits per heavy atom. The van der Waals surface area contributed by atoms with Crippen LogP contribution >= 0.6 is 55.1 Å². The van der Waals surface area contributed by atoms with E-state index in [-0.39, 0.29) is 0 Å². The van der Waals surface area contributed by atoms with Crippen LogP contribution in [0.15, 0.2) is 21.1 Å². The minimum Gasteiger partial charge on any atom is -0.215 e. The maximum Gasteiger partial charge on any atom is 0.162 e. The zero-order valence-electron chi connectivity index (χ0n) is 9.56. The molecule has 2 nitrogen and oxygen atoms in total. The third kappa shape index (κ3) is 2.72. The van der Waals surface area contributed by atoms with Crippen molar-refractivity contribution in [2.45, 2.75) is 13.8 Å². The van der Waals surface area contributed by atoms with E-state index in [0.29, 0.717) is 20.6 Å². The Morgan fingerprint density at radius 1 is 0.889 bits per heavy atom. The van der Waals surface area contributed by atoms with Crippen molar-refractivity contribution in [3.8, 4) is 11.4 Å². The third-order valence-electron chi connectivity index (χ3n) is 2.47. The fourth-order valence-corrected chi connectivity index (χ4v) is 2.39. The quantitative estimate of drug-likeness (QED) is 0.572. The van der Waals surface area contributed by atoms with Gasteiger partial charge in [0.05, 0.1) is 4.47 Å². The first kappa shape index (κ1) is 14.3. The molecule has 1 aromatic carbocycles. The number of hydrogen-bond acceptors (Lipinski definition) is 2. The summed E-state index contributed by atoms with van der Waals surface area (Å²) in [6.07, 6.45) is 0. The van der Waals surface area contributed by atoms with E-state index in [1.54, 1.807) is 0 Å². The normalized spacial score (nSPS) is 10.8. The number of halogens is 4. The predicted octanol–water partition coefficient (Wildman–Crippen LogP) is 5.59. The number of benzene rings is 1. The number of aromatic nitrogens is 2. The Kier molecular flexibility index (Phi) is 4.32. The zero-order chi connectivity index (χ0) is 13.4. The first-order chi connectivity index (χ1) is 8.40. The summed E-state index contributed by atoms with van der Waals surface area (Å²) in [5, 5.41) is 0.617. The molecule has 2 aromatic rings. The highest BCUT2D eigenvalue weighted by atomic mass is 79.9. The van der Waals surface area contributed by atoms with Gasteiger partial charge in [-0.15, -0.1) is 0 Å². The lowest BCUT2D eigenvalue weighted by Gasteiger charge is -2.08. The van der Waals surface area contributed by atoms with Crippen LogP contribution in [-0.2, 0) is 0 Å². The molecule has 0 aliphatic rings. The van der Waals surface area contributed by atoms with Crippen LogP contribution in [0, 0.1) is 13.8 Å². The lowest BCUT2D eigenvalue weighted by atomic mass is 10.1. The van der Waals surface area contributed by atoms with E-state index in [9.17, 15) is 0 Å². The number of aryl methyl sites for hydroxylation is 2. The van der Waals surface area contributed by atoms with E-state index in [1.165, 1.54) is 0 Å². The molecule has 2 rings (SSSR count). The van der Waals surface area contributed by atoms with Gasteiger partial charge in [-0.2, -0.15) is 0 Å². The second-order valence-corrected chi connectivity index (χ2v) is 6.17. The summed E-state index contributed by atoms with van der Waals surface area (Å²) in [7, 11) is 0. The molecule has 94 valence electrons. The predicted molar refractivity (Wildman–Crippen MR) is 82.4 cm³/mol. The SMILES string of the molecule is Cc1cc(-c2nc(Cl)c(Br)c(Cl)n2)cc(C)c1Br. The fraction of sp³-hybridized carbons (Fsp3) is 0.167. The van der Waals surface area contributed by atoms with Gasteiger partial charge in [-0.05, 0) is 53.0 Å². The van der Waals surface area contributed by atoms with Crippen LogP contribution in [-0.4, -0.2) is 9.97 Å². The number of nitrogens with zero attached hydrogens (tertiary/aromatic N) is 2. The first-order valence-electron chi connectivity index (χ1n) is 5.06. The molecule has 0 N–H and O–H groups in total. The van der Waals surface area contributed by atoms with Crippen molar-refractivity contribution in [1.82, 2.24) is 9.97 Å². The smallest absolute Gasteiger partial charge is 0.162 e. The van der Waals surface area contributed by atoms with Gasteiger partial charge in [-0.1, -0.05) is 39.1 Å². The molecule has 0 bridgehead atoms. The van der Waals surface area contributed by atoms with E-state index < -0.39 is 0 Å². The van der Waals surface area contributed by atoms with Gasteiger partial charge >= 0.3 is 0 Å². The van der Waals surface area contributed by atoms with Gasteiger partial charge in [-0.3, -0.25) is 0 Å². The summed E-state index contributed by atoms with van der Waals surface area (Å²) >= 11 is 18.7. The second kappa shape index (κ2) is 5.45. The molecule has 0 spiro atoms. The molecule has 18 heavy (non-hydrogen) atoms. The van der Waals surface area contributed by atoms with Crippen LogP contribution in [0.3, 0.4) is 0 Å². The van der Waals surface area contributed by atoms with E-state index in [4.69, 9.17) is 23.2 Å². The van der Waals surface area contributed by atoms with Gasteiger partial charge in [0.1, 0.15) is 10.3 Å². The average Bonchev–Trinajstić information content (AvgIpc) is 2.31. The second-order valence-electron chi connectivity index (χ2n) is 3.87. The van der Waals surface area contributed by atoms with E-state index in [1.807, 2.05) is 26.0 Å². The maximum atomic E-state index is 5.99. The van der Waals surface area contributed by atoms with Crippen LogP contribution in [0.1, 0.15) is 11.1 Å². The van der Waals surface area contributed by atoms with Crippen molar-refractivity contribution in [2.75, 3.05) is 0 Å². The van der Waals surface area contributed by atoms with Crippen molar-refractivity contribution in [3.63, 3.8) is 0 Å². The molecule has 0 unspecified atom stereocenters. The fourth-order valence-electron chi connectivity index (χ4n) is 1.60.